The van der Waals surface area contributed by atoms with Crippen LogP contribution in [0.15, 0.2) is 73.1 Å². The third kappa shape index (κ3) is 3.79. The van der Waals surface area contributed by atoms with Crippen LogP contribution in [0.4, 0.5) is 5.69 Å². The van der Waals surface area contributed by atoms with Crippen molar-refractivity contribution in [3.63, 3.8) is 0 Å². The highest BCUT2D eigenvalue weighted by Crippen LogP contribution is 2.39. The van der Waals surface area contributed by atoms with Crippen LogP contribution < -0.4 is 14.6 Å². The van der Waals surface area contributed by atoms with E-state index in [1.807, 2.05) is 13.0 Å². The van der Waals surface area contributed by atoms with Crippen molar-refractivity contribution in [1.82, 2.24) is 9.78 Å². The maximum absolute atomic E-state index is 13.8. The van der Waals surface area contributed by atoms with E-state index in [1.165, 1.54) is 6.07 Å². The number of carbonyl (C=O) groups excluding carboxylic acids is 2. The molecule has 174 valence electrons. The molecule has 0 spiro atoms. The molecular weight excluding hydrogens is 487 g/mol. The summed E-state index contributed by atoms with van der Waals surface area (Å²) in [5.41, 5.74) is 2.12. The van der Waals surface area contributed by atoms with Crippen molar-refractivity contribution in [3.05, 3.63) is 99.9 Å². The summed E-state index contributed by atoms with van der Waals surface area (Å²) >= 11 is 12.2. The molecule has 0 saturated carbocycles. The van der Waals surface area contributed by atoms with Crippen LogP contribution in [0.2, 0.25) is 10.0 Å². The predicted molar refractivity (Wildman–Crippen MR) is 131 cm³/mol. The first-order valence-corrected chi connectivity index (χ1v) is 11.4. The van der Waals surface area contributed by atoms with E-state index in [-0.39, 0.29) is 21.9 Å². The molecule has 0 N–H and O–H groups in total. The van der Waals surface area contributed by atoms with Gasteiger partial charge in [-0.05, 0) is 55.6 Å². The molecule has 0 radical (unpaired) electrons. The van der Waals surface area contributed by atoms with Crippen molar-refractivity contribution in [2.24, 2.45) is 0 Å². The number of hydrogen-bond acceptors (Lipinski definition) is 4. The number of amides is 2. The maximum atomic E-state index is 13.8. The summed E-state index contributed by atoms with van der Waals surface area (Å²) in [6.07, 6.45) is 3.31. The zero-order valence-electron chi connectivity index (χ0n) is 18.7. The highest BCUT2D eigenvalue weighted by molar-refractivity contribution is 6.53. The van der Waals surface area contributed by atoms with Crippen LogP contribution in [0, 0.1) is 13.8 Å². The van der Waals surface area contributed by atoms with Crippen LogP contribution in [-0.2, 0) is 9.59 Å². The molecule has 0 bridgehead atoms. The molecule has 2 aromatic carbocycles. The van der Waals surface area contributed by atoms with Gasteiger partial charge in [-0.1, -0.05) is 41.4 Å². The van der Waals surface area contributed by atoms with E-state index >= 15 is 0 Å². The number of hydrogen-bond donors (Lipinski definition) is 0. The monoisotopic (exact) mass is 504 g/mol. The SMILES string of the molecule is Cc1cccc(N2C(=O)C(c3c(C)nn(-c4ccc(Cl)c(Cl)c4)c3[O-])=C([n+]3ccccc3)C2=O)c1. The Kier molecular flexibility index (Phi) is 5.67. The number of nitrogens with zero attached hydrogens (tertiary/aromatic N) is 4. The fraction of sp³-hybridized carbons (Fsp3) is 0.0769. The molecule has 2 aromatic heterocycles. The zero-order chi connectivity index (χ0) is 24.9. The molecule has 3 heterocycles. The Morgan fingerprint density at radius 2 is 1.60 bits per heavy atom. The van der Waals surface area contributed by atoms with Crippen LogP contribution in [0.1, 0.15) is 16.8 Å². The lowest BCUT2D eigenvalue weighted by Gasteiger charge is -2.16. The van der Waals surface area contributed by atoms with Crippen LogP contribution in [0.25, 0.3) is 17.0 Å². The normalized spacial score (nSPS) is 13.8. The van der Waals surface area contributed by atoms with Gasteiger partial charge in [-0.15, -0.1) is 0 Å². The Morgan fingerprint density at radius 1 is 0.857 bits per heavy atom. The molecule has 5 rings (SSSR count). The highest BCUT2D eigenvalue weighted by atomic mass is 35.5. The number of aromatic nitrogens is 3. The summed E-state index contributed by atoms with van der Waals surface area (Å²) in [4.78, 5) is 28.5. The number of halogens is 2. The van der Waals surface area contributed by atoms with Gasteiger partial charge >= 0.3 is 5.91 Å². The summed E-state index contributed by atoms with van der Waals surface area (Å²) in [5.74, 6) is -1.68. The van der Waals surface area contributed by atoms with Crippen molar-refractivity contribution >= 4 is 52.0 Å². The molecule has 7 nitrogen and oxygen atoms in total. The number of rotatable bonds is 4. The lowest BCUT2D eigenvalue weighted by molar-refractivity contribution is -0.576. The van der Waals surface area contributed by atoms with Gasteiger partial charge in [-0.2, -0.15) is 9.67 Å². The second-order valence-corrected chi connectivity index (χ2v) is 8.88. The van der Waals surface area contributed by atoms with Gasteiger partial charge in [0.2, 0.25) is 0 Å². The molecule has 0 unspecified atom stereocenters. The third-order valence-electron chi connectivity index (χ3n) is 5.71. The van der Waals surface area contributed by atoms with Crippen molar-refractivity contribution in [2.45, 2.75) is 13.8 Å². The quantitative estimate of drug-likeness (QED) is 0.309. The maximum Gasteiger partial charge on any atom is 0.331 e. The van der Waals surface area contributed by atoms with Gasteiger partial charge in [0, 0.05) is 17.7 Å². The zero-order valence-corrected chi connectivity index (χ0v) is 20.2. The summed E-state index contributed by atoms with van der Waals surface area (Å²) < 4.78 is 2.70. The first-order valence-electron chi connectivity index (χ1n) is 10.7. The summed E-state index contributed by atoms with van der Waals surface area (Å²) in [6, 6.07) is 17.0. The first kappa shape index (κ1) is 22.8. The molecular formula is C26H18Cl2N4O3. The van der Waals surface area contributed by atoms with E-state index in [0.29, 0.717) is 22.1 Å². The van der Waals surface area contributed by atoms with Crippen LogP contribution >= 0.6 is 23.2 Å². The first-order chi connectivity index (χ1) is 16.8. The average molecular weight is 505 g/mol. The minimum Gasteiger partial charge on any atom is -0.858 e. The summed E-state index contributed by atoms with van der Waals surface area (Å²) in [6.45, 7) is 3.50. The Labute approximate surface area is 211 Å². The third-order valence-corrected chi connectivity index (χ3v) is 6.45. The molecule has 0 fully saturated rings. The van der Waals surface area contributed by atoms with Crippen LogP contribution in [0.3, 0.4) is 0 Å². The van der Waals surface area contributed by atoms with Crippen molar-refractivity contribution in [1.29, 1.82) is 0 Å². The van der Waals surface area contributed by atoms with Gasteiger partial charge < -0.3 is 5.11 Å². The van der Waals surface area contributed by atoms with E-state index < -0.39 is 17.7 Å². The average Bonchev–Trinajstić information content (AvgIpc) is 3.27. The second-order valence-electron chi connectivity index (χ2n) is 8.07. The number of carbonyl (C=O) groups is 2. The van der Waals surface area contributed by atoms with Gasteiger partial charge in [0.25, 0.3) is 11.6 Å². The summed E-state index contributed by atoms with van der Waals surface area (Å²) in [7, 11) is 0. The Morgan fingerprint density at radius 3 is 2.29 bits per heavy atom. The Balaban J connectivity index is 1.74. The van der Waals surface area contributed by atoms with E-state index in [0.717, 1.165) is 15.1 Å². The van der Waals surface area contributed by atoms with E-state index in [9.17, 15) is 14.7 Å². The largest absolute Gasteiger partial charge is 0.858 e. The molecule has 1 aliphatic heterocycles. The molecule has 9 heteroatoms. The smallest absolute Gasteiger partial charge is 0.331 e. The predicted octanol–water partition coefficient (Wildman–Crippen LogP) is 4.10. The van der Waals surface area contributed by atoms with Crippen LogP contribution in [0.5, 0.6) is 5.88 Å². The van der Waals surface area contributed by atoms with Gasteiger partial charge in [-0.25, -0.2) is 9.58 Å². The van der Waals surface area contributed by atoms with E-state index in [1.54, 1.807) is 72.4 Å². The topological polar surface area (TPSA) is 82.1 Å². The van der Waals surface area contributed by atoms with Crippen LogP contribution in [-0.4, -0.2) is 21.6 Å². The van der Waals surface area contributed by atoms with Crippen molar-refractivity contribution < 1.29 is 19.3 Å². The Hall–Kier alpha value is -3.94. The lowest BCUT2D eigenvalue weighted by atomic mass is 10.0. The number of aryl methyl sites for hydroxylation is 2. The number of benzene rings is 2. The van der Waals surface area contributed by atoms with Gasteiger partial charge in [0.15, 0.2) is 12.4 Å². The second kappa shape index (κ2) is 8.69. The van der Waals surface area contributed by atoms with Gasteiger partial charge in [0.05, 0.1) is 27.1 Å². The molecule has 1 aliphatic rings. The van der Waals surface area contributed by atoms with Crippen molar-refractivity contribution in [2.75, 3.05) is 4.90 Å². The Bertz CT molecular complexity index is 1540. The standard InChI is InChI=1S/C26H18Cl2N4O3/c1-15-7-6-8-17(13-15)31-24(33)22(23(26(31)35)30-11-4-3-5-12-30)21-16(2)29-32(25(21)34)18-9-10-19(27)20(28)14-18/h3-14H,1-2H3. The van der Waals surface area contributed by atoms with Crippen molar-refractivity contribution in [3.8, 4) is 11.6 Å². The van der Waals surface area contributed by atoms with E-state index in [2.05, 4.69) is 5.10 Å². The molecule has 35 heavy (non-hydrogen) atoms. The van der Waals surface area contributed by atoms with Gasteiger partial charge in [0.1, 0.15) is 5.57 Å². The molecule has 0 atom stereocenters. The van der Waals surface area contributed by atoms with E-state index in [4.69, 9.17) is 23.2 Å². The minimum atomic E-state index is -0.596. The number of anilines is 1. The molecule has 0 aliphatic carbocycles. The number of imide groups is 1. The van der Waals surface area contributed by atoms with Gasteiger partial charge in [-0.3, -0.25) is 9.59 Å². The minimum absolute atomic E-state index is 0.0125. The fourth-order valence-corrected chi connectivity index (χ4v) is 4.41. The number of pyridine rings is 1. The highest BCUT2D eigenvalue weighted by Gasteiger charge is 2.47. The lowest BCUT2D eigenvalue weighted by Crippen LogP contribution is -2.39. The molecule has 0 saturated heterocycles. The summed E-state index contributed by atoms with van der Waals surface area (Å²) in [5, 5.41) is 18.6. The fourth-order valence-electron chi connectivity index (χ4n) is 4.12. The molecule has 2 amide bonds. The molecule has 4 aromatic rings.